The third-order valence-electron chi connectivity index (χ3n) is 3.20. The van der Waals surface area contributed by atoms with Crippen molar-refractivity contribution in [2.75, 3.05) is 12.4 Å². The first kappa shape index (κ1) is 14.3. The van der Waals surface area contributed by atoms with Crippen molar-refractivity contribution in [3.63, 3.8) is 0 Å². The third kappa shape index (κ3) is 4.27. The SMILES string of the molecule is CCC(N)C(SCC1CCCO1)C(C)(C)C. The molecule has 96 valence electrons. The number of thioether (sulfide) groups is 1. The van der Waals surface area contributed by atoms with E-state index in [-0.39, 0.29) is 5.41 Å². The number of nitrogens with two attached hydrogens (primary N) is 1. The zero-order valence-electron chi connectivity index (χ0n) is 11.2. The number of ether oxygens (including phenoxy) is 1. The first-order valence-electron chi connectivity index (χ1n) is 6.44. The Morgan fingerprint density at radius 3 is 2.56 bits per heavy atom. The molecule has 3 unspecified atom stereocenters. The molecule has 0 aromatic rings. The first-order chi connectivity index (χ1) is 7.45. The molecule has 1 heterocycles. The molecule has 16 heavy (non-hydrogen) atoms. The van der Waals surface area contributed by atoms with E-state index in [0.717, 1.165) is 18.8 Å². The molecule has 0 aromatic heterocycles. The fourth-order valence-corrected chi connectivity index (χ4v) is 3.84. The van der Waals surface area contributed by atoms with E-state index in [9.17, 15) is 0 Å². The van der Waals surface area contributed by atoms with Gasteiger partial charge in [-0.1, -0.05) is 27.7 Å². The minimum absolute atomic E-state index is 0.276. The summed E-state index contributed by atoms with van der Waals surface area (Å²) in [6.07, 6.45) is 3.98. The van der Waals surface area contributed by atoms with Gasteiger partial charge in [0.15, 0.2) is 0 Å². The van der Waals surface area contributed by atoms with Crippen LogP contribution < -0.4 is 5.73 Å². The zero-order valence-corrected chi connectivity index (χ0v) is 12.0. The molecule has 0 saturated carbocycles. The first-order valence-corrected chi connectivity index (χ1v) is 7.48. The zero-order chi connectivity index (χ0) is 12.2. The van der Waals surface area contributed by atoms with Crippen molar-refractivity contribution in [3.05, 3.63) is 0 Å². The Hall–Kier alpha value is 0.270. The van der Waals surface area contributed by atoms with Gasteiger partial charge in [0.1, 0.15) is 0 Å². The van der Waals surface area contributed by atoms with Gasteiger partial charge in [-0.3, -0.25) is 0 Å². The standard InChI is InChI=1S/C13H27NOS/c1-5-11(14)12(13(2,3)4)16-9-10-7-6-8-15-10/h10-12H,5-9,14H2,1-4H3. The molecule has 0 aliphatic carbocycles. The van der Waals surface area contributed by atoms with Crippen LogP contribution in [-0.2, 0) is 4.74 Å². The fourth-order valence-electron chi connectivity index (χ4n) is 2.22. The van der Waals surface area contributed by atoms with Gasteiger partial charge >= 0.3 is 0 Å². The third-order valence-corrected chi connectivity index (χ3v) is 5.18. The highest BCUT2D eigenvalue weighted by atomic mass is 32.2. The van der Waals surface area contributed by atoms with E-state index in [1.807, 2.05) is 11.8 Å². The van der Waals surface area contributed by atoms with E-state index in [4.69, 9.17) is 10.5 Å². The molecule has 2 N–H and O–H groups in total. The molecule has 1 aliphatic heterocycles. The van der Waals surface area contributed by atoms with Gasteiger partial charge in [-0.15, -0.1) is 0 Å². The average Bonchev–Trinajstić information content (AvgIpc) is 2.68. The lowest BCUT2D eigenvalue weighted by atomic mass is 9.87. The lowest BCUT2D eigenvalue weighted by molar-refractivity contribution is 0.128. The monoisotopic (exact) mass is 245 g/mol. The van der Waals surface area contributed by atoms with Crippen LogP contribution in [0.5, 0.6) is 0 Å². The number of hydrogen-bond donors (Lipinski definition) is 1. The lowest BCUT2D eigenvalue weighted by Gasteiger charge is -2.35. The molecule has 0 aromatic carbocycles. The van der Waals surface area contributed by atoms with E-state index < -0.39 is 0 Å². The Labute approximate surface area is 105 Å². The summed E-state index contributed by atoms with van der Waals surface area (Å²) in [6, 6.07) is 0.298. The summed E-state index contributed by atoms with van der Waals surface area (Å²) in [5, 5.41) is 0.529. The van der Waals surface area contributed by atoms with Gasteiger partial charge in [-0.25, -0.2) is 0 Å². The second-order valence-electron chi connectivity index (χ2n) is 5.83. The van der Waals surface area contributed by atoms with Crippen LogP contribution in [0.3, 0.4) is 0 Å². The van der Waals surface area contributed by atoms with Crippen molar-refractivity contribution in [2.45, 2.75) is 64.4 Å². The smallest absolute Gasteiger partial charge is 0.0666 e. The van der Waals surface area contributed by atoms with Gasteiger partial charge in [-0.2, -0.15) is 11.8 Å². The van der Waals surface area contributed by atoms with Crippen molar-refractivity contribution >= 4 is 11.8 Å². The van der Waals surface area contributed by atoms with Crippen molar-refractivity contribution in [2.24, 2.45) is 11.1 Å². The highest BCUT2D eigenvalue weighted by Gasteiger charge is 2.30. The van der Waals surface area contributed by atoms with E-state index >= 15 is 0 Å². The predicted molar refractivity (Wildman–Crippen MR) is 72.9 cm³/mol. The molecule has 1 aliphatic rings. The van der Waals surface area contributed by atoms with Gasteiger partial charge in [0, 0.05) is 23.7 Å². The van der Waals surface area contributed by atoms with Crippen LogP contribution in [0.2, 0.25) is 0 Å². The van der Waals surface area contributed by atoms with Crippen LogP contribution >= 0.6 is 11.8 Å². The highest BCUT2D eigenvalue weighted by molar-refractivity contribution is 8.00. The number of rotatable bonds is 5. The minimum Gasteiger partial charge on any atom is -0.377 e. The molecule has 0 radical (unpaired) electrons. The van der Waals surface area contributed by atoms with Crippen molar-refractivity contribution in [1.29, 1.82) is 0 Å². The summed E-state index contributed by atoms with van der Waals surface area (Å²) in [5.74, 6) is 1.11. The normalized spacial score (nSPS) is 25.7. The van der Waals surface area contributed by atoms with Gasteiger partial charge in [0.05, 0.1) is 6.10 Å². The van der Waals surface area contributed by atoms with Crippen LogP contribution in [0.4, 0.5) is 0 Å². The van der Waals surface area contributed by atoms with E-state index in [2.05, 4.69) is 27.7 Å². The summed E-state index contributed by atoms with van der Waals surface area (Å²) in [4.78, 5) is 0. The lowest BCUT2D eigenvalue weighted by Crippen LogP contribution is -2.41. The fraction of sp³-hybridized carbons (Fsp3) is 1.00. The maximum atomic E-state index is 6.23. The molecule has 3 atom stereocenters. The van der Waals surface area contributed by atoms with E-state index in [1.165, 1.54) is 12.8 Å². The van der Waals surface area contributed by atoms with Gasteiger partial charge in [0.2, 0.25) is 0 Å². The van der Waals surface area contributed by atoms with Crippen LogP contribution in [-0.4, -0.2) is 29.8 Å². The Bertz CT molecular complexity index is 197. The summed E-state index contributed by atoms with van der Waals surface area (Å²) >= 11 is 2.01. The van der Waals surface area contributed by atoms with Crippen molar-refractivity contribution in [1.82, 2.24) is 0 Å². The van der Waals surface area contributed by atoms with Gasteiger partial charge in [-0.05, 0) is 24.7 Å². The van der Waals surface area contributed by atoms with E-state index in [1.54, 1.807) is 0 Å². The molecule has 1 fully saturated rings. The predicted octanol–water partition coefficient (Wildman–Crippen LogP) is 3.05. The minimum atomic E-state index is 0.276. The second kappa shape index (κ2) is 6.27. The molecule has 1 saturated heterocycles. The van der Waals surface area contributed by atoms with Crippen LogP contribution in [0.1, 0.15) is 47.0 Å². The quantitative estimate of drug-likeness (QED) is 0.808. The molecule has 0 spiro atoms. The maximum absolute atomic E-state index is 6.23. The molecule has 0 bridgehead atoms. The number of hydrogen-bond acceptors (Lipinski definition) is 3. The summed E-state index contributed by atoms with van der Waals surface area (Å²) in [7, 11) is 0. The van der Waals surface area contributed by atoms with Crippen LogP contribution in [0.25, 0.3) is 0 Å². The largest absolute Gasteiger partial charge is 0.377 e. The highest BCUT2D eigenvalue weighted by Crippen LogP contribution is 2.34. The molecule has 2 nitrogen and oxygen atoms in total. The maximum Gasteiger partial charge on any atom is 0.0666 e. The Kier molecular flexibility index (Phi) is 5.62. The summed E-state index contributed by atoms with van der Waals surface area (Å²) in [5.41, 5.74) is 6.50. The van der Waals surface area contributed by atoms with Crippen LogP contribution in [0.15, 0.2) is 0 Å². The van der Waals surface area contributed by atoms with E-state index in [0.29, 0.717) is 17.4 Å². The average molecular weight is 245 g/mol. The molecule has 1 rings (SSSR count). The molecule has 0 amide bonds. The second-order valence-corrected chi connectivity index (χ2v) is 7.00. The van der Waals surface area contributed by atoms with Gasteiger partial charge < -0.3 is 10.5 Å². The molecular formula is C13H27NOS. The summed E-state index contributed by atoms with van der Waals surface area (Å²) < 4.78 is 5.67. The Morgan fingerprint density at radius 2 is 2.12 bits per heavy atom. The molecular weight excluding hydrogens is 218 g/mol. The topological polar surface area (TPSA) is 35.2 Å². The van der Waals surface area contributed by atoms with Crippen LogP contribution in [0, 0.1) is 5.41 Å². The van der Waals surface area contributed by atoms with Gasteiger partial charge in [0.25, 0.3) is 0 Å². The Balaban J connectivity index is 2.43. The van der Waals surface area contributed by atoms with Crippen molar-refractivity contribution < 1.29 is 4.74 Å². The molecule has 3 heteroatoms. The summed E-state index contributed by atoms with van der Waals surface area (Å²) in [6.45, 7) is 9.99. The van der Waals surface area contributed by atoms with Crippen molar-refractivity contribution in [3.8, 4) is 0 Å². The Morgan fingerprint density at radius 1 is 1.44 bits per heavy atom.